The molecule has 1 saturated carbocycles. The number of hydrogen-bond donors (Lipinski definition) is 3. The van der Waals surface area contributed by atoms with Crippen LogP contribution in [-0.4, -0.2) is 10.2 Å². The van der Waals surface area contributed by atoms with Gasteiger partial charge >= 0.3 is 0 Å². The third kappa shape index (κ3) is 4.09. The number of nitrogens with two attached hydrogens (primary N) is 1. The second-order valence-corrected chi connectivity index (χ2v) is 6.15. The van der Waals surface area contributed by atoms with Crippen LogP contribution in [-0.2, 0) is 6.54 Å². The Kier molecular flexibility index (Phi) is 6.68. The van der Waals surface area contributed by atoms with Gasteiger partial charge < -0.3 is 15.9 Å². The van der Waals surface area contributed by atoms with Gasteiger partial charge in [0.05, 0.1) is 0 Å². The molecule has 1 aliphatic rings. The molecule has 0 heterocycles. The molecule has 0 bridgehead atoms. The van der Waals surface area contributed by atoms with E-state index in [1.54, 1.807) is 12.1 Å². The molecule has 3 nitrogen and oxygen atoms in total. The molecular formula is C21H29NO2. The van der Waals surface area contributed by atoms with Crippen molar-refractivity contribution in [2.24, 2.45) is 5.73 Å². The Morgan fingerprint density at radius 2 is 1.58 bits per heavy atom. The fraction of sp³-hybridized carbons (Fsp3) is 0.429. The summed E-state index contributed by atoms with van der Waals surface area (Å²) in [4.78, 5) is 0. The van der Waals surface area contributed by atoms with E-state index in [4.69, 9.17) is 5.73 Å². The summed E-state index contributed by atoms with van der Waals surface area (Å²) >= 11 is 0. The molecule has 2 aromatic carbocycles. The van der Waals surface area contributed by atoms with Crippen molar-refractivity contribution in [3.8, 4) is 22.6 Å². The van der Waals surface area contributed by atoms with Gasteiger partial charge in [-0.1, -0.05) is 45.2 Å². The van der Waals surface area contributed by atoms with E-state index >= 15 is 0 Å². The molecule has 3 heteroatoms. The predicted molar refractivity (Wildman–Crippen MR) is 100 cm³/mol. The second-order valence-electron chi connectivity index (χ2n) is 6.15. The Morgan fingerprint density at radius 1 is 0.958 bits per heavy atom. The highest BCUT2D eigenvalue weighted by molar-refractivity contribution is 5.70. The van der Waals surface area contributed by atoms with Crippen LogP contribution in [0.25, 0.3) is 11.1 Å². The van der Waals surface area contributed by atoms with Crippen LogP contribution in [0.2, 0.25) is 0 Å². The number of rotatable bonds is 3. The normalized spacial score (nSPS) is 14.8. The molecule has 0 saturated heterocycles. The van der Waals surface area contributed by atoms with Crippen molar-refractivity contribution in [3.63, 3.8) is 0 Å². The van der Waals surface area contributed by atoms with Crippen molar-refractivity contribution in [1.82, 2.24) is 0 Å². The molecule has 0 atom stereocenters. The summed E-state index contributed by atoms with van der Waals surface area (Å²) in [6.45, 7) is 4.38. The monoisotopic (exact) mass is 327 g/mol. The Bertz CT molecular complexity index is 644. The van der Waals surface area contributed by atoms with E-state index in [0.29, 0.717) is 18.2 Å². The first-order valence-electron chi connectivity index (χ1n) is 9.04. The maximum atomic E-state index is 10.4. The highest BCUT2D eigenvalue weighted by Crippen LogP contribution is 2.40. The van der Waals surface area contributed by atoms with Crippen LogP contribution >= 0.6 is 0 Å². The quantitative estimate of drug-likeness (QED) is 0.717. The minimum Gasteiger partial charge on any atom is -0.508 e. The number of phenols is 2. The SMILES string of the molecule is CC.NCc1cc(O)c(C2CCCCC2)cc1-c1ccc(O)cc1. The van der Waals surface area contributed by atoms with Gasteiger partial charge in [-0.3, -0.25) is 0 Å². The van der Waals surface area contributed by atoms with Crippen LogP contribution in [0.1, 0.15) is 63.0 Å². The van der Waals surface area contributed by atoms with E-state index < -0.39 is 0 Å². The summed E-state index contributed by atoms with van der Waals surface area (Å²) < 4.78 is 0. The van der Waals surface area contributed by atoms with Crippen LogP contribution < -0.4 is 5.73 Å². The van der Waals surface area contributed by atoms with Gasteiger partial charge in [0.15, 0.2) is 0 Å². The highest BCUT2D eigenvalue weighted by atomic mass is 16.3. The molecule has 0 unspecified atom stereocenters. The molecular weight excluding hydrogens is 298 g/mol. The first kappa shape index (κ1) is 18.3. The number of hydrogen-bond acceptors (Lipinski definition) is 3. The molecule has 130 valence electrons. The topological polar surface area (TPSA) is 66.5 Å². The fourth-order valence-electron chi connectivity index (χ4n) is 3.47. The number of aromatic hydroxyl groups is 2. The van der Waals surface area contributed by atoms with E-state index in [0.717, 1.165) is 35.1 Å². The standard InChI is InChI=1S/C19H23NO2.C2H6/c20-12-15-10-19(22)18(13-4-2-1-3-5-13)11-17(15)14-6-8-16(21)9-7-14;1-2/h6-11,13,21-22H,1-5,12,20H2;1-2H3. The lowest BCUT2D eigenvalue weighted by Crippen LogP contribution is -2.07. The Hall–Kier alpha value is -2.00. The molecule has 0 amide bonds. The van der Waals surface area contributed by atoms with Crippen molar-refractivity contribution in [2.75, 3.05) is 0 Å². The van der Waals surface area contributed by atoms with Crippen LogP contribution in [0, 0.1) is 0 Å². The van der Waals surface area contributed by atoms with Gasteiger partial charge in [-0.2, -0.15) is 0 Å². The first-order chi connectivity index (χ1) is 11.7. The Labute approximate surface area is 145 Å². The second kappa shape index (κ2) is 8.74. The molecule has 3 rings (SSSR count). The van der Waals surface area contributed by atoms with E-state index in [1.165, 1.54) is 19.3 Å². The van der Waals surface area contributed by atoms with Crippen LogP contribution in [0.15, 0.2) is 36.4 Å². The van der Waals surface area contributed by atoms with E-state index in [9.17, 15) is 10.2 Å². The highest BCUT2D eigenvalue weighted by Gasteiger charge is 2.20. The van der Waals surface area contributed by atoms with Crippen molar-refractivity contribution >= 4 is 0 Å². The maximum Gasteiger partial charge on any atom is 0.119 e. The van der Waals surface area contributed by atoms with Crippen molar-refractivity contribution in [3.05, 3.63) is 47.5 Å². The van der Waals surface area contributed by atoms with Crippen LogP contribution in [0.3, 0.4) is 0 Å². The zero-order chi connectivity index (χ0) is 17.5. The van der Waals surface area contributed by atoms with Crippen molar-refractivity contribution in [2.45, 2.75) is 58.4 Å². The van der Waals surface area contributed by atoms with Crippen molar-refractivity contribution in [1.29, 1.82) is 0 Å². The summed E-state index contributed by atoms with van der Waals surface area (Å²) in [6.07, 6.45) is 6.05. The zero-order valence-corrected chi connectivity index (χ0v) is 14.8. The first-order valence-corrected chi connectivity index (χ1v) is 9.04. The van der Waals surface area contributed by atoms with Gasteiger partial charge in [-0.25, -0.2) is 0 Å². The van der Waals surface area contributed by atoms with E-state index in [2.05, 4.69) is 6.07 Å². The lowest BCUT2D eigenvalue weighted by molar-refractivity contribution is 0.414. The third-order valence-corrected chi connectivity index (χ3v) is 4.70. The molecule has 2 aromatic rings. The molecule has 0 radical (unpaired) electrons. The summed E-state index contributed by atoms with van der Waals surface area (Å²) in [5.41, 5.74) is 9.91. The van der Waals surface area contributed by atoms with Gasteiger partial charge in [0.25, 0.3) is 0 Å². The fourth-order valence-corrected chi connectivity index (χ4v) is 3.47. The number of phenolic OH excluding ortho intramolecular Hbond substituents is 2. The Morgan fingerprint density at radius 3 is 2.17 bits per heavy atom. The van der Waals surface area contributed by atoms with Crippen LogP contribution in [0.5, 0.6) is 11.5 Å². The average molecular weight is 327 g/mol. The lowest BCUT2D eigenvalue weighted by atomic mass is 9.82. The zero-order valence-electron chi connectivity index (χ0n) is 14.8. The summed E-state index contributed by atoms with van der Waals surface area (Å²) in [7, 11) is 0. The Balaban J connectivity index is 0.00000100. The van der Waals surface area contributed by atoms with Gasteiger partial charge in [-0.05, 0) is 65.3 Å². The number of benzene rings is 2. The van der Waals surface area contributed by atoms with E-state index in [1.807, 2.05) is 32.0 Å². The molecule has 0 aromatic heterocycles. The van der Waals surface area contributed by atoms with Gasteiger partial charge in [-0.15, -0.1) is 0 Å². The molecule has 1 aliphatic carbocycles. The van der Waals surface area contributed by atoms with Crippen molar-refractivity contribution < 1.29 is 10.2 Å². The summed E-state index contributed by atoms with van der Waals surface area (Å²) in [6, 6.07) is 11.1. The molecule has 0 aliphatic heterocycles. The lowest BCUT2D eigenvalue weighted by Gasteiger charge is -2.24. The molecule has 0 spiro atoms. The van der Waals surface area contributed by atoms with E-state index in [-0.39, 0.29) is 5.75 Å². The molecule has 1 fully saturated rings. The average Bonchev–Trinajstić information content (AvgIpc) is 2.64. The van der Waals surface area contributed by atoms with Crippen LogP contribution in [0.4, 0.5) is 0 Å². The predicted octanol–water partition coefficient (Wildman–Crippen LogP) is 5.30. The van der Waals surface area contributed by atoms with Gasteiger partial charge in [0.2, 0.25) is 0 Å². The molecule has 4 N–H and O–H groups in total. The summed E-state index contributed by atoms with van der Waals surface area (Å²) in [5.74, 6) is 1.07. The maximum absolute atomic E-state index is 10.4. The smallest absolute Gasteiger partial charge is 0.119 e. The minimum atomic E-state index is 0.254. The van der Waals surface area contributed by atoms with Gasteiger partial charge in [0, 0.05) is 6.54 Å². The summed E-state index contributed by atoms with van der Waals surface area (Å²) in [5, 5.41) is 19.9. The third-order valence-electron chi connectivity index (χ3n) is 4.70. The minimum absolute atomic E-state index is 0.254. The van der Waals surface area contributed by atoms with Gasteiger partial charge in [0.1, 0.15) is 11.5 Å². The molecule has 24 heavy (non-hydrogen) atoms. The largest absolute Gasteiger partial charge is 0.508 e.